The largest absolute Gasteiger partial charge is 0.441 e. The van der Waals surface area contributed by atoms with Crippen molar-refractivity contribution in [2.24, 2.45) is 10.2 Å². The van der Waals surface area contributed by atoms with Gasteiger partial charge in [-0.05, 0) is 36.9 Å². The number of non-ortho nitro benzene ring substituents is 1. The predicted octanol–water partition coefficient (Wildman–Crippen LogP) is 5.99. The van der Waals surface area contributed by atoms with E-state index < -0.39 is 37.4 Å². The lowest BCUT2D eigenvalue weighted by Gasteiger charge is -2.46. The van der Waals surface area contributed by atoms with Crippen molar-refractivity contribution >= 4 is 45.3 Å². The normalized spacial score (nSPS) is 18.9. The van der Waals surface area contributed by atoms with Gasteiger partial charge in [0.1, 0.15) is 5.69 Å². The molecule has 0 saturated carbocycles. The van der Waals surface area contributed by atoms with Crippen molar-refractivity contribution in [3.63, 3.8) is 0 Å². The van der Waals surface area contributed by atoms with Crippen LogP contribution in [-0.2, 0) is 4.99 Å². The minimum Gasteiger partial charge on any atom is -0.258 e. The van der Waals surface area contributed by atoms with Gasteiger partial charge >= 0.3 is 11.9 Å². The van der Waals surface area contributed by atoms with E-state index in [9.17, 15) is 33.4 Å². The van der Waals surface area contributed by atoms with Gasteiger partial charge in [-0.3, -0.25) is 20.2 Å². The van der Waals surface area contributed by atoms with Crippen LogP contribution in [0.3, 0.4) is 0 Å². The third kappa shape index (κ3) is 3.85. The van der Waals surface area contributed by atoms with Crippen molar-refractivity contribution in [2.45, 2.75) is 18.1 Å². The number of fused-ring (bicyclic) bond motifs is 2. The van der Waals surface area contributed by atoms with Crippen LogP contribution < -0.4 is 10.0 Å². The van der Waals surface area contributed by atoms with Crippen LogP contribution >= 0.6 is 11.8 Å². The summed E-state index contributed by atoms with van der Waals surface area (Å²) in [6.07, 6.45) is -4.89. The van der Waals surface area contributed by atoms with Crippen molar-refractivity contribution in [1.29, 1.82) is 0 Å². The molecule has 0 aliphatic carbocycles. The first-order valence-corrected chi connectivity index (χ1v) is 11.4. The Hall–Kier alpha value is -4.46. The second kappa shape index (κ2) is 8.58. The minimum atomic E-state index is -4.89. The lowest BCUT2D eigenvalue weighted by atomic mass is 9.98. The summed E-state index contributed by atoms with van der Waals surface area (Å²) in [7, 11) is 0. The van der Waals surface area contributed by atoms with Crippen LogP contribution in [0.25, 0.3) is 0 Å². The summed E-state index contributed by atoms with van der Waals surface area (Å²) >= 11 is 0.336. The zero-order chi connectivity index (χ0) is 26.5. The number of anilines is 2. The van der Waals surface area contributed by atoms with Crippen LogP contribution in [0.4, 0.5) is 35.9 Å². The van der Waals surface area contributed by atoms with E-state index in [4.69, 9.17) is 0 Å². The molecule has 0 fully saturated rings. The fourth-order valence-electron chi connectivity index (χ4n) is 4.21. The van der Waals surface area contributed by atoms with Gasteiger partial charge < -0.3 is 0 Å². The van der Waals surface area contributed by atoms with E-state index in [1.165, 1.54) is 5.01 Å². The number of rotatable bonds is 4. The minimum absolute atomic E-state index is 0.336. The maximum absolute atomic E-state index is 14.1. The molecule has 37 heavy (non-hydrogen) atoms. The number of hydrazone groups is 2. The average molecular weight is 528 g/mol. The quantitative estimate of drug-likeness (QED) is 0.302. The Labute approximate surface area is 211 Å². The molecule has 14 heteroatoms. The molecule has 0 saturated heterocycles. The first-order chi connectivity index (χ1) is 17.5. The SMILES string of the molecule is CC1=NN(c2ccccc2)[C@]2(SC(C(F)(F)F)=NN2c2ccc([N+](=O)[O-])cc2[N+](=O)[O-])c2ccccc21. The number of halogens is 3. The molecule has 3 aromatic rings. The summed E-state index contributed by atoms with van der Waals surface area (Å²) in [5, 5.41) is 32.7. The molecule has 0 aromatic heterocycles. The van der Waals surface area contributed by atoms with Crippen LogP contribution in [-0.4, -0.2) is 26.8 Å². The zero-order valence-electron chi connectivity index (χ0n) is 18.8. The molecule has 0 amide bonds. The van der Waals surface area contributed by atoms with Gasteiger partial charge in [-0.15, -0.1) is 0 Å². The lowest BCUT2D eigenvalue weighted by molar-refractivity contribution is -0.393. The number of nitro benzene ring substituents is 2. The molecule has 1 spiro atoms. The lowest BCUT2D eigenvalue weighted by Crippen LogP contribution is -2.53. The average Bonchev–Trinajstić information content (AvgIpc) is 3.28. The standard InChI is InChI=1S/C23H15F3N6O4S/c1-14-17-9-5-6-10-18(17)23(29(27-14)15-7-3-2-4-8-15)30(28-21(37-23)22(24,25)26)19-12-11-16(31(33)34)13-20(19)32(35)36/h2-13H,1H3/t23-/m1/s1. The van der Waals surface area contributed by atoms with E-state index in [2.05, 4.69) is 10.2 Å². The van der Waals surface area contributed by atoms with Gasteiger partial charge in [0.15, 0.2) is 0 Å². The van der Waals surface area contributed by atoms with Gasteiger partial charge in [0, 0.05) is 17.2 Å². The fraction of sp³-hybridized carbons (Fsp3) is 0.130. The van der Waals surface area contributed by atoms with Crippen LogP contribution in [0.5, 0.6) is 0 Å². The molecule has 0 radical (unpaired) electrons. The summed E-state index contributed by atoms with van der Waals surface area (Å²) in [6.45, 7) is 1.70. The van der Waals surface area contributed by atoms with Crippen LogP contribution in [0.2, 0.25) is 0 Å². The third-order valence-electron chi connectivity index (χ3n) is 5.76. The summed E-state index contributed by atoms with van der Waals surface area (Å²) < 4.78 is 42.4. The zero-order valence-corrected chi connectivity index (χ0v) is 19.6. The van der Waals surface area contributed by atoms with E-state index >= 15 is 0 Å². The fourth-order valence-corrected chi connectivity index (χ4v) is 5.47. The Bertz CT molecular complexity index is 1500. The van der Waals surface area contributed by atoms with Crippen LogP contribution in [0.1, 0.15) is 18.1 Å². The van der Waals surface area contributed by atoms with E-state index in [1.807, 2.05) is 0 Å². The number of thioether (sulfide) groups is 1. The Morgan fingerprint density at radius 3 is 2.22 bits per heavy atom. The van der Waals surface area contributed by atoms with Crippen molar-refractivity contribution in [1.82, 2.24) is 0 Å². The molecular formula is C23H15F3N6O4S. The van der Waals surface area contributed by atoms with Crippen LogP contribution in [0, 0.1) is 20.2 Å². The summed E-state index contributed by atoms with van der Waals surface area (Å²) in [4.78, 5) is 19.7. The maximum Gasteiger partial charge on any atom is 0.441 e. The molecule has 0 N–H and O–H groups in total. The highest BCUT2D eigenvalue weighted by Crippen LogP contribution is 2.57. The first-order valence-electron chi connectivity index (χ1n) is 10.6. The van der Waals surface area contributed by atoms with E-state index in [1.54, 1.807) is 61.5 Å². The van der Waals surface area contributed by atoms with Crippen molar-refractivity contribution in [3.8, 4) is 0 Å². The Morgan fingerprint density at radius 1 is 0.892 bits per heavy atom. The number of alkyl halides is 3. The molecule has 3 aromatic carbocycles. The van der Waals surface area contributed by atoms with Crippen molar-refractivity contribution < 1.29 is 23.0 Å². The number of para-hydroxylation sites is 1. The second-order valence-corrected chi connectivity index (χ2v) is 9.15. The monoisotopic (exact) mass is 528 g/mol. The number of benzene rings is 3. The molecule has 5 rings (SSSR count). The number of nitro groups is 2. The topological polar surface area (TPSA) is 117 Å². The molecule has 2 aliphatic heterocycles. The summed E-state index contributed by atoms with van der Waals surface area (Å²) in [6, 6.07) is 17.7. The van der Waals surface area contributed by atoms with Crippen LogP contribution in [0.15, 0.2) is 83.0 Å². The van der Waals surface area contributed by atoms with E-state index in [-0.39, 0.29) is 5.69 Å². The van der Waals surface area contributed by atoms with Gasteiger partial charge in [-0.2, -0.15) is 23.4 Å². The molecule has 10 nitrogen and oxygen atoms in total. The summed E-state index contributed by atoms with van der Waals surface area (Å²) in [5.74, 6) is 0. The molecule has 2 aliphatic rings. The predicted molar refractivity (Wildman–Crippen MR) is 133 cm³/mol. The number of nitrogens with zero attached hydrogens (tertiary/aromatic N) is 6. The molecule has 188 valence electrons. The van der Waals surface area contributed by atoms with Crippen molar-refractivity contribution in [3.05, 3.63) is 104 Å². The number of hydrogen-bond acceptors (Lipinski definition) is 9. The third-order valence-corrected chi connectivity index (χ3v) is 7.12. The van der Waals surface area contributed by atoms with Gasteiger partial charge in [0.2, 0.25) is 10.0 Å². The molecule has 1 atom stereocenters. The van der Waals surface area contributed by atoms with Gasteiger partial charge in [-0.25, -0.2) is 10.0 Å². The summed E-state index contributed by atoms with van der Waals surface area (Å²) in [5.41, 5.74) is 0.0452. The molecule has 0 bridgehead atoms. The van der Waals surface area contributed by atoms with Gasteiger partial charge in [0.25, 0.3) is 5.69 Å². The highest BCUT2D eigenvalue weighted by atomic mass is 32.2. The first kappa shape index (κ1) is 24.2. The smallest absolute Gasteiger partial charge is 0.258 e. The van der Waals surface area contributed by atoms with E-state index in [0.29, 0.717) is 40.4 Å². The van der Waals surface area contributed by atoms with E-state index in [0.717, 1.165) is 17.1 Å². The Kier molecular flexibility index (Phi) is 5.62. The highest BCUT2D eigenvalue weighted by molar-refractivity contribution is 8.15. The molecule has 2 heterocycles. The molecular weight excluding hydrogens is 513 g/mol. The Morgan fingerprint density at radius 2 is 1.57 bits per heavy atom. The number of hydrogen-bond donors (Lipinski definition) is 0. The highest BCUT2D eigenvalue weighted by Gasteiger charge is 2.60. The Balaban J connectivity index is 1.86. The second-order valence-electron chi connectivity index (χ2n) is 7.99. The van der Waals surface area contributed by atoms with Gasteiger partial charge in [-0.1, -0.05) is 42.5 Å². The van der Waals surface area contributed by atoms with Gasteiger partial charge in [0.05, 0.1) is 27.3 Å². The van der Waals surface area contributed by atoms with Crippen molar-refractivity contribution in [2.75, 3.05) is 10.0 Å². The maximum atomic E-state index is 14.1. The molecule has 0 unspecified atom stereocenters.